The maximum atomic E-state index is 5.33. The van der Waals surface area contributed by atoms with E-state index in [-0.39, 0.29) is 0 Å². The number of halogens is 1. The molecule has 0 fully saturated rings. The van der Waals surface area contributed by atoms with Crippen LogP contribution in [0.2, 0.25) is 0 Å². The van der Waals surface area contributed by atoms with E-state index in [4.69, 9.17) is 4.42 Å². The SMILES string of the molecule is CC(Br)CC(C)Nc1nccc2occc12. The van der Waals surface area contributed by atoms with Crippen LogP contribution in [-0.2, 0) is 0 Å². The van der Waals surface area contributed by atoms with Crippen LogP contribution < -0.4 is 5.32 Å². The first kappa shape index (κ1) is 11.5. The molecule has 0 aliphatic heterocycles. The van der Waals surface area contributed by atoms with Gasteiger partial charge in [-0.1, -0.05) is 22.9 Å². The minimum Gasteiger partial charge on any atom is -0.464 e. The third-order valence-corrected chi connectivity index (χ3v) is 2.82. The summed E-state index contributed by atoms with van der Waals surface area (Å²) >= 11 is 3.55. The number of rotatable bonds is 4. The minimum absolute atomic E-state index is 0.377. The Labute approximate surface area is 103 Å². The van der Waals surface area contributed by atoms with Gasteiger partial charge in [-0.15, -0.1) is 0 Å². The molecule has 4 heteroatoms. The Kier molecular flexibility index (Phi) is 3.49. The number of nitrogens with zero attached hydrogens (tertiary/aromatic N) is 1. The number of furan rings is 1. The molecule has 2 aromatic heterocycles. The standard InChI is InChI=1S/C12H15BrN2O/c1-8(13)7-9(2)15-12-10-4-6-16-11(10)3-5-14-12/h3-6,8-9H,7H2,1-2H3,(H,14,15). The van der Waals surface area contributed by atoms with Gasteiger partial charge in [-0.2, -0.15) is 0 Å². The number of hydrogen-bond donors (Lipinski definition) is 1. The lowest BCUT2D eigenvalue weighted by molar-refractivity contribution is 0.615. The van der Waals surface area contributed by atoms with Crippen molar-refractivity contribution in [1.29, 1.82) is 0 Å². The van der Waals surface area contributed by atoms with Crippen molar-refractivity contribution < 1.29 is 4.42 Å². The van der Waals surface area contributed by atoms with Crippen molar-refractivity contribution in [2.24, 2.45) is 0 Å². The lowest BCUT2D eigenvalue weighted by Gasteiger charge is -2.16. The fourth-order valence-corrected chi connectivity index (χ4v) is 2.35. The molecule has 0 radical (unpaired) electrons. The number of anilines is 1. The van der Waals surface area contributed by atoms with Crippen LogP contribution in [0.4, 0.5) is 5.82 Å². The van der Waals surface area contributed by atoms with E-state index in [2.05, 4.69) is 40.1 Å². The van der Waals surface area contributed by atoms with Gasteiger partial charge in [0.2, 0.25) is 0 Å². The van der Waals surface area contributed by atoms with E-state index in [0.717, 1.165) is 23.2 Å². The van der Waals surface area contributed by atoms with Crippen LogP contribution in [0.25, 0.3) is 11.0 Å². The summed E-state index contributed by atoms with van der Waals surface area (Å²) in [6.45, 7) is 4.29. The summed E-state index contributed by atoms with van der Waals surface area (Å²) < 4.78 is 5.33. The number of alkyl halides is 1. The van der Waals surface area contributed by atoms with Crippen molar-refractivity contribution in [3.63, 3.8) is 0 Å². The van der Waals surface area contributed by atoms with Crippen LogP contribution >= 0.6 is 15.9 Å². The van der Waals surface area contributed by atoms with E-state index >= 15 is 0 Å². The molecule has 0 saturated carbocycles. The molecule has 0 aromatic carbocycles. The first-order chi connectivity index (χ1) is 7.66. The van der Waals surface area contributed by atoms with Crippen LogP contribution in [0.5, 0.6) is 0 Å². The number of hydrogen-bond acceptors (Lipinski definition) is 3. The van der Waals surface area contributed by atoms with Gasteiger partial charge in [-0.25, -0.2) is 4.98 Å². The van der Waals surface area contributed by atoms with E-state index in [9.17, 15) is 0 Å². The second-order valence-corrected chi connectivity index (χ2v) is 5.62. The minimum atomic E-state index is 0.377. The molecule has 0 saturated heterocycles. The van der Waals surface area contributed by atoms with E-state index in [1.165, 1.54) is 0 Å². The molecule has 0 aliphatic carbocycles. The van der Waals surface area contributed by atoms with Gasteiger partial charge in [0.15, 0.2) is 0 Å². The molecule has 2 heterocycles. The smallest absolute Gasteiger partial charge is 0.139 e. The van der Waals surface area contributed by atoms with Gasteiger partial charge in [0, 0.05) is 17.1 Å². The van der Waals surface area contributed by atoms with E-state index in [0.29, 0.717) is 10.9 Å². The van der Waals surface area contributed by atoms with Gasteiger partial charge in [0.05, 0.1) is 11.6 Å². The molecule has 0 aliphatic rings. The Morgan fingerprint density at radius 3 is 3.00 bits per heavy atom. The third kappa shape index (κ3) is 2.55. The van der Waals surface area contributed by atoms with Gasteiger partial charge >= 0.3 is 0 Å². The number of aromatic nitrogens is 1. The van der Waals surface area contributed by atoms with Crippen LogP contribution in [0.1, 0.15) is 20.3 Å². The summed E-state index contributed by atoms with van der Waals surface area (Å²) in [5, 5.41) is 4.44. The second-order valence-electron chi connectivity index (χ2n) is 4.05. The van der Waals surface area contributed by atoms with Gasteiger partial charge in [0.1, 0.15) is 11.4 Å². The monoisotopic (exact) mass is 282 g/mol. The molecular formula is C12H15BrN2O. The molecule has 0 spiro atoms. The quantitative estimate of drug-likeness (QED) is 0.867. The highest BCUT2D eigenvalue weighted by atomic mass is 79.9. The van der Waals surface area contributed by atoms with E-state index in [1.807, 2.05) is 12.1 Å². The van der Waals surface area contributed by atoms with Crippen molar-refractivity contribution in [1.82, 2.24) is 4.98 Å². The highest BCUT2D eigenvalue weighted by Gasteiger charge is 2.09. The zero-order chi connectivity index (χ0) is 11.5. The molecule has 3 nitrogen and oxygen atoms in total. The van der Waals surface area contributed by atoms with Gasteiger partial charge < -0.3 is 9.73 Å². The maximum absolute atomic E-state index is 5.33. The van der Waals surface area contributed by atoms with Gasteiger partial charge in [-0.05, 0) is 25.5 Å². The zero-order valence-electron chi connectivity index (χ0n) is 9.40. The highest BCUT2D eigenvalue weighted by Crippen LogP contribution is 2.23. The van der Waals surface area contributed by atoms with Crippen LogP contribution in [0.15, 0.2) is 29.0 Å². The van der Waals surface area contributed by atoms with E-state index < -0.39 is 0 Å². The molecule has 2 aromatic rings. The van der Waals surface area contributed by atoms with E-state index in [1.54, 1.807) is 12.5 Å². The average molecular weight is 283 g/mol. The summed E-state index contributed by atoms with van der Waals surface area (Å²) in [7, 11) is 0. The molecule has 1 N–H and O–H groups in total. The molecule has 86 valence electrons. The van der Waals surface area contributed by atoms with Gasteiger partial charge in [-0.3, -0.25) is 0 Å². The summed E-state index contributed by atoms with van der Waals surface area (Å²) in [6.07, 6.45) is 4.50. The Hall–Kier alpha value is -1.03. The summed E-state index contributed by atoms with van der Waals surface area (Å²) in [5.74, 6) is 0.895. The first-order valence-corrected chi connectivity index (χ1v) is 6.31. The Morgan fingerprint density at radius 2 is 2.25 bits per heavy atom. The maximum Gasteiger partial charge on any atom is 0.139 e. The fraction of sp³-hybridized carbons (Fsp3) is 0.417. The van der Waals surface area contributed by atoms with Crippen molar-refractivity contribution in [3.05, 3.63) is 24.6 Å². The summed E-state index contributed by atoms with van der Waals surface area (Å²) in [6, 6.07) is 4.19. The number of fused-ring (bicyclic) bond motifs is 1. The third-order valence-electron chi connectivity index (χ3n) is 2.44. The Bertz CT molecular complexity index is 467. The Morgan fingerprint density at radius 1 is 1.44 bits per heavy atom. The zero-order valence-corrected chi connectivity index (χ0v) is 11.0. The van der Waals surface area contributed by atoms with Crippen molar-refractivity contribution in [3.8, 4) is 0 Å². The predicted octanol–water partition coefficient (Wildman–Crippen LogP) is 3.80. The fourth-order valence-electron chi connectivity index (χ4n) is 1.79. The summed E-state index contributed by atoms with van der Waals surface area (Å²) in [4.78, 5) is 4.84. The Balaban J connectivity index is 2.17. The number of nitrogens with one attached hydrogen (secondary N) is 1. The van der Waals surface area contributed by atoms with Crippen molar-refractivity contribution in [2.45, 2.75) is 31.1 Å². The van der Waals surface area contributed by atoms with Gasteiger partial charge in [0.25, 0.3) is 0 Å². The molecule has 0 bridgehead atoms. The molecular weight excluding hydrogens is 268 g/mol. The second kappa shape index (κ2) is 4.87. The highest BCUT2D eigenvalue weighted by molar-refractivity contribution is 9.09. The van der Waals surface area contributed by atoms with Crippen molar-refractivity contribution >= 4 is 32.7 Å². The van der Waals surface area contributed by atoms with Crippen LogP contribution in [0.3, 0.4) is 0 Å². The predicted molar refractivity (Wildman–Crippen MR) is 70.1 cm³/mol. The molecule has 0 amide bonds. The number of pyridine rings is 1. The average Bonchev–Trinajstić information content (AvgIpc) is 2.65. The topological polar surface area (TPSA) is 38.1 Å². The largest absolute Gasteiger partial charge is 0.464 e. The van der Waals surface area contributed by atoms with Crippen molar-refractivity contribution in [2.75, 3.05) is 5.32 Å². The molecule has 2 rings (SSSR count). The normalized spacial score (nSPS) is 14.9. The lowest BCUT2D eigenvalue weighted by Crippen LogP contribution is -2.19. The molecule has 2 atom stereocenters. The van der Waals surface area contributed by atoms with Crippen LogP contribution in [0, 0.1) is 0 Å². The lowest BCUT2D eigenvalue weighted by atomic mass is 10.2. The molecule has 2 unspecified atom stereocenters. The molecule has 16 heavy (non-hydrogen) atoms. The van der Waals surface area contributed by atoms with Crippen LogP contribution in [-0.4, -0.2) is 15.9 Å². The first-order valence-electron chi connectivity index (χ1n) is 5.39. The summed E-state index contributed by atoms with van der Waals surface area (Å²) in [5.41, 5.74) is 0.872.